The number of benzene rings is 2. The number of nitro groups is 1. The van der Waals surface area contributed by atoms with Gasteiger partial charge in [-0.05, 0) is 29.8 Å². The molecule has 104 valence electrons. The molecule has 0 unspecified atom stereocenters. The molecule has 0 aliphatic carbocycles. The molecule has 0 aliphatic heterocycles. The summed E-state index contributed by atoms with van der Waals surface area (Å²) < 4.78 is 0. The summed E-state index contributed by atoms with van der Waals surface area (Å²) in [5, 5.41) is 11.4. The number of nitro benzene ring substituents is 1. The lowest BCUT2D eigenvalue weighted by molar-refractivity contribution is -0.383. The van der Waals surface area contributed by atoms with Crippen molar-refractivity contribution >= 4 is 28.7 Å². The standard InChI is InChI=1S/C14H14ClN3O2/c1-17(9-10-3-2-4-11(15)7-10)12-5-6-14(18(19)20)13(16)8-12/h2-8H,9,16H2,1H3. The summed E-state index contributed by atoms with van der Waals surface area (Å²) in [5.41, 5.74) is 7.63. The van der Waals surface area contributed by atoms with Crippen molar-refractivity contribution in [2.45, 2.75) is 6.54 Å². The van der Waals surface area contributed by atoms with Gasteiger partial charge in [0.15, 0.2) is 0 Å². The number of halogens is 1. The first-order valence-corrected chi connectivity index (χ1v) is 6.34. The number of hydrogen-bond donors (Lipinski definition) is 1. The molecule has 2 aromatic carbocycles. The maximum atomic E-state index is 10.7. The van der Waals surface area contributed by atoms with Crippen molar-refractivity contribution in [3.63, 3.8) is 0 Å². The van der Waals surface area contributed by atoms with E-state index in [9.17, 15) is 10.1 Å². The second-order valence-electron chi connectivity index (χ2n) is 4.49. The van der Waals surface area contributed by atoms with Gasteiger partial charge in [-0.3, -0.25) is 10.1 Å². The highest BCUT2D eigenvalue weighted by atomic mass is 35.5. The van der Waals surface area contributed by atoms with Gasteiger partial charge in [0, 0.05) is 30.4 Å². The van der Waals surface area contributed by atoms with Crippen LogP contribution in [0.1, 0.15) is 5.56 Å². The monoisotopic (exact) mass is 291 g/mol. The molecule has 0 bridgehead atoms. The summed E-state index contributed by atoms with van der Waals surface area (Å²) in [4.78, 5) is 12.2. The van der Waals surface area contributed by atoms with E-state index in [1.54, 1.807) is 12.1 Å². The van der Waals surface area contributed by atoms with Crippen molar-refractivity contribution in [3.05, 3.63) is 63.2 Å². The van der Waals surface area contributed by atoms with Crippen LogP contribution in [0.5, 0.6) is 0 Å². The molecule has 0 spiro atoms. The molecule has 2 aromatic rings. The van der Waals surface area contributed by atoms with E-state index in [4.69, 9.17) is 17.3 Å². The SMILES string of the molecule is CN(Cc1cccc(Cl)c1)c1ccc([N+](=O)[O-])c(N)c1. The first kappa shape index (κ1) is 14.1. The molecule has 0 heterocycles. The summed E-state index contributed by atoms with van der Waals surface area (Å²) in [6.07, 6.45) is 0. The summed E-state index contributed by atoms with van der Waals surface area (Å²) in [6, 6.07) is 12.2. The van der Waals surface area contributed by atoms with Gasteiger partial charge in [0.25, 0.3) is 5.69 Å². The minimum absolute atomic E-state index is 0.0788. The Balaban J connectivity index is 2.19. The van der Waals surface area contributed by atoms with Crippen molar-refractivity contribution in [1.29, 1.82) is 0 Å². The fraction of sp³-hybridized carbons (Fsp3) is 0.143. The van der Waals surface area contributed by atoms with Crippen molar-refractivity contribution in [1.82, 2.24) is 0 Å². The van der Waals surface area contributed by atoms with Crippen molar-refractivity contribution in [2.75, 3.05) is 17.7 Å². The van der Waals surface area contributed by atoms with Crippen molar-refractivity contribution in [3.8, 4) is 0 Å². The normalized spacial score (nSPS) is 10.3. The Morgan fingerprint density at radius 1 is 1.30 bits per heavy atom. The second-order valence-corrected chi connectivity index (χ2v) is 4.92. The smallest absolute Gasteiger partial charge is 0.292 e. The predicted octanol–water partition coefficient (Wildman–Crippen LogP) is 3.47. The number of nitrogens with two attached hydrogens (primary N) is 1. The zero-order valence-electron chi connectivity index (χ0n) is 10.9. The van der Waals surface area contributed by atoms with Crippen LogP contribution in [0.15, 0.2) is 42.5 Å². The van der Waals surface area contributed by atoms with E-state index in [-0.39, 0.29) is 11.4 Å². The Morgan fingerprint density at radius 2 is 2.05 bits per heavy atom. The van der Waals surface area contributed by atoms with Gasteiger partial charge in [0.05, 0.1) is 4.92 Å². The van der Waals surface area contributed by atoms with E-state index >= 15 is 0 Å². The molecule has 0 atom stereocenters. The summed E-state index contributed by atoms with van der Waals surface area (Å²) in [6.45, 7) is 0.637. The maximum Gasteiger partial charge on any atom is 0.292 e. The number of nitrogen functional groups attached to an aromatic ring is 1. The highest BCUT2D eigenvalue weighted by Gasteiger charge is 2.12. The van der Waals surface area contributed by atoms with Gasteiger partial charge >= 0.3 is 0 Å². The number of rotatable bonds is 4. The molecular weight excluding hydrogens is 278 g/mol. The zero-order valence-corrected chi connectivity index (χ0v) is 11.7. The van der Waals surface area contributed by atoms with E-state index in [2.05, 4.69) is 0 Å². The molecule has 2 rings (SSSR count). The number of hydrogen-bond acceptors (Lipinski definition) is 4. The minimum atomic E-state index is -0.490. The minimum Gasteiger partial charge on any atom is -0.393 e. The molecule has 5 nitrogen and oxygen atoms in total. The van der Waals surface area contributed by atoms with Gasteiger partial charge in [-0.2, -0.15) is 0 Å². The molecule has 0 amide bonds. The highest BCUT2D eigenvalue weighted by molar-refractivity contribution is 6.30. The zero-order chi connectivity index (χ0) is 14.7. The number of nitrogens with zero attached hydrogens (tertiary/aromatic N) is 2. The third-order valence-corrected chi connectivity index (χ3v) is 3.19. The Morgan fingerprint density at radius 3 is 2.65 bits per heavy atom. The fourth-order valence-electron chi connectivity index (χ4n) is 1.95. The molecular formula is C14H14ClN3O2. The van der Waals surface area contributed by atoms with Crippen molar-refractivity contribution in [2.24, 2.45) is 0 Å². The molecule has 0 saturated carbocycles. The quantitative estimate of drug-likeness (QED) is 0.532. The Labute approximate surface area is 121 Å². The van der Waals surface area contributed by atoms with E-state index in [0.717, 1.165) is 11.3 Å². The van der Waals surface area contributed by atoms with Crippen LogP contribution in [0.3, 0.4) is 0 Å². The van der Waals surface area contributed by atoms with E-state index in [0.29, 0.717) is 11.6 Å². The lowest BCUT2D eigenvalue weighted by Crippen LogP contribution is -2.16. The lowest BCUT2D eigenvalue weighted by atomic mass is 10.2. The molecule has 0 radical (unpaired) electrons. The highest BCUT2D eigenvalue weighted by Crippen LogP contribution is 2.27. The van der Waals surface area contributed by atoms with E-state index < -0.39 is 4.92 Å². The third kappa shape index (κ3) is 3.19. The van der Waals surface area contributed by atoms with E-state index in [1.165, 1.54) is 6.07 Å². The van der Waals surface area contributed by atoms with E-state index in [1.807, 2.05) is 36.2 Å². The lowest BCUT2D eigenvalue weighted by Gasteiger charge is -2.19. The van der Waals surface area contributed by atoms with Crippen molar-refractivity contribution < 1.29 is 4.92 Å². The second kappa shape index (κ2) is 5.79. The van der Waals surface area contributed by atoms with Gasteiger partial charge in [0.2, 0.25) is 0 Å². The van der Waals surface area contributed by atoms with Crippen LogP contribution in [-0.4, -0.2) is 12.0 Å². The van der Waals surface area contributed by atoms with Gasteiger partial charge in [0.1, 0.15) is 5.69 Å². The maximum absolute atomic E-state index is 10.7. The van der Waals surface area contributed by atoms with Gasteiger partial charge < -0.3 is 10.6 Å². The Kier molecular flexibility index (Phi) is 4.10. The molecule has 2 N–H and O–H groups in total. The van der Waals surface area contributed by atoms with Crippen LogP contribution in [-0.2, 0) is 6.54 Å². The van der Waals surface area contributed by atoms with Crippen LogP contribution in [0.4, 0.5) is 17.1 Å². The molecule has 0 fully saturated rings. The first-order valence-electron chi connectivity index (χ1n) is 5.97. The van der Waals surface area contributed by atoms with Crippen LogP contribution in [0.25, 0.3) is 0 Å². The molecule has 20 heavy (non-hydrogen) atoms. The van der Waals surface area contributed by atoms with Gasteiger partial charge in [-0.25, -0.2) is 0 Å². The van der Waals surface area contributed by atoms with Gasteiger partial charge in [-0.15, -0.1) is 0 Å². The topological polar surface area (TPSA) is 72.4 Å². The van der Waals surface area contributed by atoms with Crippen LogP contribution < -0.4 is 10.6 Å². The average molecular weight is 292 g/mol. The molecule has 0 aromatic heterocycles. The molecule has 0 saturated heterocycles. The summed E-state index contributed by atoms with van der Waals surface area (Å²) >= 11 is 5.94. The predicted molar refractivity (Wildman–Crippen MR) is 81.1 cm³/mol. The first-order chi connectivity index (χ1) is 9.47. The number of anilines is 2. The Hall–Kier alpha value is -2.27. The largest absolute Gasteiger partial charge is 0.393 e. The molecule has 0 aliphatic rings. The summed E-state index contributed by atoms with van der Waals surface area (Å²) in [7, 11) is 1.89. The van der Waals surface area contributed by atoms with Crippen LogP contribution in [0, 0.1) is 10.1 Å². The molecule has 6 heteroatoms. The fourth-order valence-corrected chi connectivity index (χ4v) is 2.16. The van der Waals surface area contributed by atoms with Crippen LogP contribution in [0.2, 0.25) is 5.02 Å². The third-order valence-electron chi connectivity index (χ3n) is 2.96. The van der Waals surface area contributed by atoms with Crippen LogP contribution >= 0.6 is 11.6 Å². The average Bonchev–Trinajstić information content (AvgIpc) is 2.38. The summed E-state index contributed by atoms with van der Waals surface area (Å²) in [5.74, 6) is 0. The Bertz CT molecular complexity index is 646. The van der Waals surface area contributed by atoms with Gasteiger partial charge in [-0.1, -0.05) is 23.7 Å².